The molecule has 1 aromatic rings. The predicted molar refractivity (Wildman–Crippen MR) is 65.1 cm³/mol. The van der Waals surface area contributed by atoms with Crippen LogP contribution in [0.3, 0.4) is 0 Å². The van der Waals surface area contributed by atoms with Gasteiger partial charge < -0.3 is 0 Å². The van der Waals surface area contributed by atoms with Gasteiger partial charge in [-0.1, -0.05) is 11.6 Å². The van der Waals surface area contributed by atoms with Crippen LogP contribution < -0.4 is 0 Å². The average Bonchev–Trinajstić information content (AvgIpc) is 2.50. The maximum atomic E-state index is 8.92. The third kappa shape index (κ3) is 4.21. The molecule has 1 aromatic heterocycles. The van der Waals surface area contributed by atoms with Crippen molar-refractivity contribution < 1.29 is 0 Å². The lowest BCUT2D eigenvalue weighted by Crippen LogP contribution is -2.29. The summed E-state index contributed by atoms with van der Waals surface area (Å²) in [5.74, 6) is 0. The van der Waals surface area contributed by atoms with Gasteiger partial charge in [-0.15, -0.1) is 11.3 Å². The molecule has 0 radical (unpaired) electrons. The van der Waals surface area contributed by atoms with Crippen LogP contribution in [0, 0.1) is 16.7 Å². The average molecular weight is 243 g/mol. The lowest BCUT2D eigenvalue weighted by molar-refractivity contribution is 0.250. The van der Waals surface area contributed by atoms with Crippen molar-refractivity contribution >= 4 is 22.9 Å². The molecule has 0 amide bonds. The fourth-order valence-corrected chi connectivity index (χ4v) is 2.64. The summed E-state index contributed by atoms with van der Waals surface area (Å²) >= 11 is 7.44. The number of nitrogens with zero attached hydrogens (tertiary/aromatic N) is 2. The molecule has 82 valence electrons. The quantitative estimate of drug-likeness (QED) is 0.809. The molecule has 0 aliphatic heterocycles. The maximum Gasteiger partial charge on any atom is 0.0931 e. The standard InChI is InChI=1S/C11H15ClN2S/c1-11(2,7-13)8-14(3)6-9-4-5-10(12)15-9/h4-5H,6,8H2,1-3H3. The SMILES string of the molecule is CN(Cc1ccc(Cl)s1)CC(C)(C)C#N. The lowest BCUT2D eigenvalue weighted by Gasteiger charge is -2.23. The molecule has 0 aliphatic carbocycles. The van der Waals surface area contributed by atoms with Crippen LogP contribution in [0.4, 0.5) is 0 Å². The molecule has 0 bridgehead atoms. The lowest BCUT2D eigenvalue weighted by atomic mass is 9.95. The first-order valence-electron chi connectivity index (χ1n) is 4.77. The maximum absolute atomic E-state index is 8.92. The summed E-state index contributed by atoms with van der Waals surface area (Å²) in [5.41, 5.74) is -0.296. The molecule has 1 heterocycles. The second-order valence-corrected chi connectivity index (χ2v) is 6.17. The van der Waals surface area contributed by atoms with E-state index in [0.29, 0.717) is 0 Å². The topological polar surface area (TPSA) is 27.0 Å². The highest BCUT2D eigenvalue weighted by Crippen LogP contribution is 2.23. The normalized spacial score (nSPS) is 11.7. The molecule has 0 spiro atoms. The van der Waals surface area contributed by atoms with E-state index in [-0.39, 0.29) is 5.41 Å². The molecule has 0 unspecified atom stereocenters. The van der Waals surface area contributed by atoms with E-state index in [1.165, 1.54) is 4.88 Å². The number of hydrogen-bond donors (Lipinski definition) is 0. The highest BCUT2D eigenvalue weighted by Gasteiger charge is 2.19. The van der Waals surface area contributed by atoms with E-state index in [9.17, 15) is 0 Å². The Bertz CT molecular complexity index is 365. The Morgan fingerprint density at radius 3 is 2.67 bits per heavy atom. The van der Waals surface area contributed by atoms with Gasteiger partial charge in [-0.25, -0.2) is 0 Å². The van der Waals surface area contributed by atoms with Gasteiger partial charge in [0, 0.05) is 18.0 Å². The van der Waals surface area contributed by atoms with Gasteiger partial charge in [0.2, 0.25) is 0 Å². The number of hydrogen-bond acceptors (Lipinski definition) is 3. The van der Waals surface area contributed by atoms with Crippen LogP contribution in [-0.2, 0) is 6.54 Å². The first-order chi connectivity index (χ1) is 6.93. The zero-order valence-corrected chi connectivity index (χ0v) is 10.8. The Morgan fingerprint density at radius 2 is 2.20 bits per heavy atom. The van der Waals surface area contributed by atoms with Gasteiger partial charge >= 0.3 is 0 Å². The highest BCUT2D eigenvalue weighted by molar-refractivity contribution is 7.16. The molecular formula is C11H15ClN2S. The number of rotatable bonds is 4. The van der Waals surface area contributed by atoms with E-state index in [2.05, 4.69) is 11.0 Å². The van der Waals surface area contributed by atoms with Crippen molar-refractivity contribution in [3.8, 4) is 6.07 Å². The van der Waals surface area contributed by atoms with Gasteiger partial charge in [-0.2, -0.15) is 5.26 Å². The van der Waals surface area contributed by atoms with Gasteiger partial charge in [0.25, 0.3) is 0 Å². The smallest absolute Gasteiger partial charge is 0.0931 e. The summed E-state index contributed by atoms with van der Waals surface area (Å²) in [6, 6.07) is 6.24. The van der Waals surface area contributed by atoms with Crippen molar-refractivity contribution in [3.63, 3.8) is 0 Å². The summed E-state index contributed by atoms with van der Waals surface area (Å²) < 4.78 is 0.818. The van der Waals surface area contributed by atoms with Crippen molar-refractivity contribution in [1.82, 2.24) is 4.90 Å². The van der Waals surface area contributed by atoms with Gasteiger partial charge in [0.05, 0.1) is 15.8 Å². The molecule has 0 saturated heterocycles. The van der Waals surface area contributed by atoms with Crippen LogP contribution >= 0.6 is 22.9 Å². The van der Waals surface area contributed by atoms with Crippen LogP contribution in [0.1, 0.15) is 18.7 Å². The van der Waals surface area contributed by atoms with Crippen LogP contribution in [-0.4, -0.2) is 18.5 Å². The van der Waals surface area contributed by atoms with Crippen molar-refractivity contribution in [3.05, 3.63) is 21.3 Å². The first-order valence-corrected chi connectivity index (χ1v) is 5.96. The Kier molecular flexibility index (Phi) is 4.15. The summed E-state index contributed by atoms with van der Waals surface area (Å²) in [7, 11) is 2.02. The minimum absolute atomic E-state index is 0.296. The van der Waals surface area contributed by atoms with E-state index in [4.69, 9.17) is 16.9 Å². The van der Waals surface area contributed by atoms with Gasteiger partial charge in [-0.3, -0.25) is 4.90 Å². The molecule has 4 heteroatoms. The fourth-order valence-electron chi connectivity index (χ4n) is 1.47. The molecule has 0 saturated carbocycles. The largest absolute Gasteiger partial charge is 0.300 e. The fraction of sp³-hybridized carbons (Fsp3) is 0.545. The second-order valence-electron chi connectivity index (χ2n) is 4.37. The molecular weight excluding hydrogens is 228 g/mol. The number of halogens is 1. The van der Waals surface area contributed by atoms with Gasteiger partial charge in [0.1, 0.15) is 0 Å². The summed E-state index contributed by atoms with van der Waals surface area (Å²) in [4.78, 5) is 3.38. The van der Waals surface area contributed by atoms with E-state index in [1.54, 1.807) is 11.3 Å². The second kappa shape index (κ2) is 4.98. The zero-order chi connectivity index (χ0) is 11.5. The van der Waals surface area contributed by atoms with Crippen molar-refractivity contribution in [2.45, 2.75) is 20.4 Å². The summed E-state index contributed by atoms with van der Waals surface area (Å²) in [5, 5.41) is 8.92. The van der Waals surface area contributed by atoms with Crippen LogP contribution in [0.25, 0.3) is 0 Å². The molecule has 0 atom stereocenters. The monoisotopic (exact) mass is 242 g/mol. The first kappa shape index (κ1) is 12.5. The molecule has 0 fully saturated rings. The van der Waals surface area contributed by atoms with Crippen molar-refractivity contribution in [2.75, 3.05) is 13.6 Å². The van der Waals surface area contributed by atoms with E-state index in [1.807, 2.05) is 33.0 Å². The number of thiophene rings is 1. The van der Waals surface area contributed by atoms with E-state index in [0.717, 1.165) is 17.4 Å². The van der Waals surface area contributed by atoms with Crippen LogP contribution in [0.15, 0.2) is 12.1 Å². The Labute approximate surface area is 100 Å². The molecule has 0 N–H and O–H groups in total. The Balaban J connectivity index is 2.50. The van der Waals surface area contributed by atoms with Gasteiger partial charge in [0.15, 0.2) is 0 Å². The molecule has 0 aromatic carbocycles. The van der Waals surface area contributed by atoms with Crippen LogP contribution in [0.5, 0.6) is 0 Å². The number of nitriles is 1. The van der Waals surface area contributed by atoms with Crippen LogP contribution in [0.2, 0.25) is 4.34 Å². The predicted octanol–water partition coefficient (Wildman–Crippen LogP) is 3.38. The van der Waals surface area contributed by atoms with E-state index >= 15 is 0 Å². The minimum atomic E-state index is -0.296. The third-order valence-corrected chi connectivity index (χ3v) is 3.24. The zero-order valence-electron chi connectivity index (χ0n) is 9.25. The Morgan fingerprint density at radius 1 is 1.53 bits per heavy atom. The van der Waals surface area contributed by atoms with Crippen molar-refractivity contribution in [1.29, 1.82) is 5.26 Å². The minimum Gasteiger partial charge on any atom is -0.300 e. The summed E-state index contributed by atoms with van der Waals surface area (Å²) in [6.07, 6.45) is 0. The Hall–Kier alpha value is -0.560. The van der Waals surface area contributed by atoms with Crippen molar-refractivity contribution in [2.24, 2.45) is 5.41 Å². The van der Waals surface area contributed by atoms with Gasteiger partial charge in [-0.05, 0) is 33.0 Å². The highest BCUT2D eigenvalue weighted by atomic mass is 35.5. The van der Waals surface area contributed by atoms with E-state index < -0.39 is 0 Å². The molecule has 1 rings (SSSR count). The molecule has 15 heavy (non-hydrogen) atoms. The third-order valence-electron chi connectivity index (χ3n) is 2.02. The molecule has 0 aliphatic rings. The summed E-state index contributed by atoms with van der Waals surface area (Å²) in [6.45, 7) is 5.51. The molecule has 2 nitrogen and oxygen atoms in total.